The number of hydrogen-bond donors (Lipinski definition) is 1. The van der Waals surface area contributed by atoms with Crippen molar-refractivity contribution < 1.29 is 14.1 Å². The molecule has 158 valence electrons. The first kappa shape index (κ1) is 20.2. The number of rotatable bonds is 9. The summed E-state index contributed by atoms with van der Waals surface area (Å²) in [6, 6.07) is 10.5. The molecule has 1 fully saturated rings. The number of likely N-dealkylation sites (tertiary alicyclic amines) is 1. The zero-order valence-corrected chi connectivity index (χ0v) is 17.0. The second-order valence-corrected chi connectivity index (χ2v) is 7.48. The van der Waals surface area contributed by atoms with Gasteiger partial charge in [0.1, 0.15) is 17.5 Å². The summed E-state index contributed by atoms with van der Waals surface area (Å²) in [7, 11) is 1.55. The Hall–Kier alpha value is -3.04. The molecule has 1 saturated heterocycles. The highest BCUT2D eigenvalue weighted by molar-refractivity contribution is 5.94. The average Bonchev–Trinajstić information content (AvgIpc) is 3.50. The molecule has 9 heteroatoms. The van der Waals surface area contributed by atoms with Crippen molar-refractivity contribution in [1.82, 2.24) is 30.4 Å². The highest BCUT2D eigenvalue weighted by Crippen LogP contribution is 2.26. The summed E-state index contributed by atoms with van der Waals surface area (Å²) >= 11 is 0. The molecule has 0 radical (unpaired) electrons. The molecule has 1 N–H and O–H groups in total. The maximum absolute atomic E-state index is 12.3. The van der Waals surface area contributed by atoms with Crippen LogP contribution in [0.25, 0.3) is 0 Å². The Morgan fingerprint density at radius 3 is 3.03 bits per heavy atom. The monoisotopic (exact) mass is 410 g/mol. The maximum atomic E-state index is 12.3. The fourth-order valence-electron chi connectivity index (χ4n) is 3.73. The molecule has 0 spiro atoms. The smallest absolute Gasteiger partial charge is 0.256 e. The maximum Gasteiger partial charge on any atom is 0.256 e. The number of nitrogens with zero attached hydrogens (tertiary/aromatic N) is 5. The number of benzene rings is 1. The van der Waals surface area contributed by atoms with Gasteiger partial charge >= 0.3 is 0 Å². The summed E-state index contributed by atoms with van der Waals surface area (Å²) in [5.41, 5.74) is 3.22. The molecule has 9 nitrogen and oxygen atoms in total. The summed E-state index contributed by atoms with van der Waals surface area (Å²) < 4.78 is 11.7. The Morgan fingerprint density at radius 2 is 2.20 bits per heavy atom. The molecule has 0 bridgehead atoms. The lowest BCUT2D eigenvalue weighted by molar-refractivity contribution is 0.0946. The Kier molecular flexibility index (Phi) is 6.50. The van der Waals surface area contributed by atoms with Crippen LogP contribution in [0.5, 0.6) is 0 Å². The zero-order valence-electron chi connectivity index (χ0n) is 17.0. The summed E-state index contributed by atoms with van der Waals surface area (Å²) in [6.45, 7) is 4.22. The van der Waals surface area contributed by atoms with Crippen molar-refractivity contribution in [2.75, 3.05) is 26.7 Å². The zero-order chi connectivity index (χ0) is 20.8. The Balaban J connectivity index is 1.24. The number of ether oxygens (including phenoxy) is 1. The largest absolute Gasteiger partial charge is 0.378 e. The minimum absolute atomic E-state index is 0.231. The summed E-state index contributed by atoms with van der Waals surface area (Å²) in [6.07, 6.45) is 4.40. The van der Waals surface area contributed by atoms with Crippen LogP contribution in [0.4, 0.5) is 0 Å². The molecule has 30 heavy (non-hydrogen) atoms. The average molecular weight is 410 g/mol. The van der Waals surface area contributed by atoms with Gasteiger partial charge in [0.2, 0.25) is 0 Å². The molecule has 3 aromatic rings. The van der Waals surface area contributed by atoms with Gasteiger partial charge < -0.3 is 14.6 Å². The van der Waals surface area contributed by atoms with Crippen LogP contribution in [0.15, 0.2) is 47.3 Å². The molecule has 1 unspecified atom stereocenters. The van der Waals surface area contributed by atoms with Crippen molar-refractivity contribution in [2.45, 2.75) is 32.0 Å². The number of methoxy groups -OCH3 is 1. The normalized spacial score (nSPS) is 16.8. The fraction of sp³-hybridized carbons (Fsp3) is 0.429. The van der Waals surface area contributed by atoms with E-state index < -0.39 is 0 Å². The van der Waals surface area contributed by atoms with Gasteiger partial charge in [0, 0.05) is 38.9 Å². The number of carbonyl (C=O) groups is 1. The SMILES string of the molecule is COCc1nocc1C(=O)NCCn1cc(C2CCN(Cc3ccccc3)C2)nn1. The van der Waals surface area contributed by atoms with Gasteiger partial charge in [0.25, 0.3) is 5.91 Å². The van der Waals surface area contributed by atoms with E-state index in [1.807, 2.05) is 12.3 Å². The van der Waals surface area contributed by atoms with E-state index in [1.54, 1.807) is 11.8 Å². The minimum Gasteiger partial charge on any atom is -0.378 e. The van der Waals surface area contributed by atoms with E-state index in [1.165, 1.54) is 11.8 Å². The van der Waals surface area contributed by atoms with Crippen LogP contribution >= 0.6 is 0 Å². The van der Waals surface area contributed by atoms with Crippen molar-refractivity contribution in [3.05, 3.63) is 65.3 Å². The van der Waals surface area contributed by atoms with E-state index in [0.717, 1.165) is 31.7 Å². The van der Waals surface area contributed by atoms with Crippen LogP contribution in [-0.4, -0.2) is 57.7 Å². The molecule has 1 amide bonds. The van der Waals surface area contributed by atoms with E-state index in [4.69, 9.17) is 9.26 Å². The van der Waals surface area contributed by atoms with E-state index in [0.29, 0.717) is 30.3 Å². The van der Waals surface area contributed by atoms with Crippen LogP contribution in [0.2, 0.25) is 0 Å². The van der Waals surface area contributed by atoms with Crippen LogP contribution in [-0.2, 0) is 24.4 Å². The Bertz CT molecular complexity index is 955. The molecule has 0 saturated carbocycles. The second kappa shape index (κ2) is 9.64. The molecule has 4 rings (SSSR count). The van der Waals surface area contributed by atoms with Crippen LogP contribution < -0.4 is 5.32 Å². The molecule has 1 aliphatic rings. The second-order valence-electron chi connectivity index (χ2n) is 7.48. The Labute approximate surface area is 175 Å². The van der Waals surface area contributed by atoms with Gasteiger partial charge in [-0.3, -0.25) is 14.4 Å². The molecular formula is C21H26N6O3. The topological polar surface area (TPSA) is 98.3 Å². The first-order valence-corrected chi connectivity index (χ1v) is 10.1. The summed E-state index contributed by atoms with van der Waals surface area (Å²) in [5, 5.41) is 15.2. The third-order valence-electron chi connectivity index (χ3n) is 5.29. The number of hydrogen-bond acceptors (Lipinski definition) is 7. The first-order valence-electron chi connectivity index (χ1n) is 10.1. The summed E-state index contributed by atoms with van der Waals surface area (Å²) in [5.74, 6) is 0.154. The van der Waals surface area contributed by atoms with Crippen molar-refractivity contribution in [2.24, 2.45) is 0 Å². The molecule has 2 aromatic heterocycles. The van der Waals surface area contributed by atoms with E-state index >= 15 is 0 Å². The van der Waals surface area contributed by atoms with Crippen molar-refractivity contribution >= 4 is 5.91 Å². The van der Waals surface area contributed by atoms with Gasteiger partial charge in [0.05, 0.1) is 18.8 Å². The van der Waals surface area contributed by atoms with E-state index in [9.17, 15) is 4.79 Å². The van der Waals surface area contributed by atoms with E-state index in [2.05, 4.69) is 50.0 Å². The number of nitrogens with one attached hydrogen (secondary N) is 1. The van der Waals surface area contributed by atoms with Crippen LogP contribution in [0.3, 0.4) is 0 Å². The molecule has 1 atom stereocenters. The number of carbonyl (C=O) groups excluding carboxylic acids is 1. The highest BCUT2D eigenvalue weighted by atomic mass is 16.5. The van der Waals surface area contributed by atoms with Crippen molar-refractivity contribution in [3.8, 4) is 0 Å². The van der Waals surface area contributed by atoms with E-state index in [-0.39, 0.29) is 12.5 Å². The van der Waals surface area contributed by atoms with Gasteiger partial charge in [-0.05, 0) is 18.5 Å². The third-order valence-corrected chi connectivity index (χ3v) is 5.29. The van der Waals surface area contributed by atoms with Crippen molar-refractivity contribution in [1.29, 1.82) is 0 Å². The van der Waals surface area contributed by atoms with Crippen LogP contribution in [0, 0.1) is 0 Å². The predicted molar refractivity (Wildman–Crippen MR) is 109 cm³/mol. The lowest BCUT2D eigenvalue weighted by Gasteiger charge is -2.15. The third kappa shape index (κ3) is 4.92. The molecule has 0 aliphatic carbocycles. The lowest BCUT2D eigenvalue weighted by Crippen LogP contribution is -2.28. The fourth-order valence-corrected chi connectivity index (χ4v) is 3.73. The lowest BCUT2D eigenvalue weighted by atomic mass is 10.1. The highest BCUT2D eigenvalue weighted by Gasteiger charge is 2.26. The molecule has 1 aromatic carbocycles. The predicted octanol–water partition coefficient (Wildman–Crippen LogP) is 1.83. The quantitative estimate of drug-likeness (QED) is 0.575. The molecule has 3 heterocycles. The van der Waals surface area contributed by atoms with Gasteiger partial charge in [0.15, 0.2) is 0 Å². The van der Waals surface area contributed by atoms with Crippen molar-refractivity contribution in [3.63, 3.8) is 0 Å². The molecule has 1 aliphatic heterocycles. The first-order chi connectivity index (χ1) is 14.7. The molecular weight excluding hydrogens is 384 g/mol. The van der Waals surface area contributed by atoms with Gasteiger partial charge in [-0.1, -0.05) is 40.7 Å². The number of amides is 1. The van der Waals surface area contributed by atoms with Gasteiger partial charge in [-0.2, -0.15) is 0 Å². The Morgan fingerprint density at radius 1 is 1.33 bits per heavy atom. The standard InChI is InChI=1S/C21H26N6O3/c1-29-15-20-18(14-30-24-20)21(28)22-8-10-27-13-19(23-25-27)17-7-9-26(12-17)11-16-5-3-2-4-6-16/h2-6,13-14,17H,7-12,15H2,1H3,(H,22,28). The number of aromatic nitrogens is 4. The minimum atomic E-state index is -0.240. The summed E-state index contributed by atoms with van der Waals surface area (Å²) in [4.78, 5) is 14.7. The van der Waals surface area contributed by atoms with Crippen LogP contribution in [0.1, 0.15) is 39.6 Å². The van der Waals surface area contributed by atoms with Gasteiger partial charge in [-0.15, -0.1) is 5.10 Å². The van der Waals surface area contributed by atoms with Gasteiger partial charge in [-0.25, -0.2) is 0 Å².